The van der Waals surface area contributed by atoms with E-state index in [2.05, 4.69) is 87.8 Å². The van der Waals surface area contributed by atoms with E-state index < -0.39 is 128 Å². The molecule has 63 heteroatoms. The maximum atomic E-state index is 13.5. The average molecular weight is 1920 g/mol. The molecule has 6 aromatic heterocycles. The van der Waals surface area contributed by atoms with Crippen molar-refractivity contribution in [3.05, 3.63) is 245 Å². The lowest BCUT2D eigenvalue weighted by molar-refractivity contribution is 0.100. The monoisotopic (exact) mass is 1920 g/mol. The highest BCUT2D eigenvalue weighted by atomic mass is 35.5. The molecule has 0 saturated heterocycles. The van der Waals surface area contributed by atoms with Crippen LogP contribution in [0, 0.1) is 71.0 Å². The molecule has 12 aromatic rings. The number of rotatable bonds is 18. The Balaban J connectivity index is 0.000000203. The van der Waals surface area contributed by atoms with Crippen molar-refractivity contribution in [2.75, 3.05) is 31.9 Å². The van der Waals surface area contributed by atoms with Gasteiger partial charge in [0, 0.05) is 0 Å². The second-order valence-corrected chi connectivity index (χ2v) is 34.0. The minimum atomic E-state index is -4.96. The Labute approximate surface area is 702 Å². The summed E-state index contributed by atoms with van der Waals surface area (Å²) in [5.41, 5.74) is 2.27. The highest BCUT2D eigenvalue weighted by Gasteiger charge is 2.32. The van der Waals surface area contributed by atoms with Gasteiger partial charge < -0.3 is 90.6 Å². The first kappa shape index (κ1) is 98.8. The molecule has 0 unspecified atom stereocenters. The van der Waals surface area contributed by atoms with Crippen molar-refractivity contribution in [1.29, 1.82) is 0 Å². The molecule has 0 aliphatic rings. The zero-order valence-corrected chi connectivity index (χ0v) is 70.4. The van der Waals surface area contributed by atoms with Gasteiger partial charge in [-0.05, 0) is 148 Å². The van der Waals surface area contributed by atoms with E-state index in [0.717, 1.165) is 46.9 Å². The average Bonchev–Trinajstić information content (AvgIpc) is 1.64. The molecule has 18 N–H and O–H groups in total. The normalized spacial score (nSPS) is 11.4. The van der Waals surface area contributed by atoms with Gasteiger partial charge >= 0.3 is 46.5 Å². The Morgan fingerprint density at radius 1 is 0.276 bits per heavy atom. The molecule has 6 heterocycles. The summed E-state index contributed by atoms with van der Waals surface area (Å²) in [6, 6.07) is 27.7. The van der Waals surface area contributed by atoms with Crippen LogP contribution in [0.4, 0.5) is 56.1 Å². The standard InChI is InChI=1S/2C10H9ClFN4O4P.2C10H10ClN4O4P.C10H9F2N4O4P.C10H10FN4O4P/c2*1-5-2-3-7(6(11)4-5)13-10(17)8-9(12)15-16(14-8)21(18,19)20;2*1-6-2-3-8(7(11)4-6)13-10(16)9-5-12-15(14-9)20(17,18)19;1-5-2-3-7(6(11)4-5)13-10(17)8-9(12)15-16(14-8)21(18,19)20;1-6-2-3-8(7(11)4-6)13-10(16)9-5-12-15(14-9)20(17,18)19/h2*2-4H,1H3,(H,13,17)(H2,18,19,20);2*2-5H,1H3,(H,13,16)(H2,17,18,19);2-4H,1H3,(H,13,17)(H2,18,19,20);2-5H,1H3,(H,13,16)(H2,17,18,19). The number of benzene rings is 6. The largest absolute Gasteiger partial charge is 0.466 e. The summed E-state index contributed by atoms with van der Waals surface area (Å²) in [7, 11) is -28.8. The van der Waals surface area contributed by atoms with Gasteiger partial charge in [0.1, 0.15) is 11.6 Å². The van der Waals surface area contributed by atoms with Crippen LogP contribution in [0.2, 0.25) is 20.1 Å². The lowest BCUT2D eigenvalue weighted by atomic mass is 10.2. The molecule has 654 valence electrons. The van der Waals surface area contributed by atoms with E-state index in [-0.39, 0.29) is 77.3 Å². The van der Waals surface area contributed by atoms with Crippen molar-refractivity contribution in [1.82, 2.24) is 88.6 Å². The van der Waals surface area contributed by atoms with Crippen molar-refractivity contribution < 1.29 is 137 Å². The van der Waals surface area contributed by atoms with E-state index in [9.17, 15) is 78.1 Å². The fraction of sp³-hybridized carbons (Fsp3) is 0.100. The summed E-state index contributed by atoms with van der Waals surface area (Å²) in [4.78, 5) is 177. The molecule has 0 aliphatic carbocycles. The summed E-state index contributed by atoms with van der Waals surface area (Å²) in [5, 5.41) is 52.9. The third-order valence-electron chi connectivity index (χ3n) is 14.1. The van der Waals surface area contributed by atoms with Gasteiger partial charge in [-0.15, -0.1) is 45.9 Å². The third kappa shape index (κ3) is 28.6. The number of nitrogens with one attached hydrogen (secondary N) is 6. The first-order valence-corrected chi connectivity index (χ1v) is 43.3. The van der Waals surface area contributed by atoms with Crippen LogP contribution >= 0.6 is 92.9 Å². The van der Waals surface area contributed by atoms with Crippen molar-refractivity contribution in [3.8, 4) is 0 Å². The van der Waals surface area contributed by atoms with Gasteiger partial charge in [0.05, 0.1) is 72.8 Å². The van der Waals surface area contributed by atoms with E-state index >= 15 is 0 Å². The quantitative estimate of drug-likeness (QED) is 0.0286. The first-order chi connectivity index (χ1) is 56.9. The topological polar surface area (TPSA) is 704 Å². The number of hydrogen-bond donors (Lipinski definition) is 18. The molecular formula is C60H57Cl4F5N24O24P6. The van der Waals surface area contributed by atoms with Gasteiger partial charge in [0.2, 0.25) is 17.1 Å². The minimum absolute atomic E-state index is 0.0636. The molecule has 0 radical (unpaired) electrons. The number of amides is 6. The minimum Gasteiger partial charge on any atom is -0.319 e. The zero-order chi connectivity index (χ0) is 92.1. The Bertz CT molecular complexity index is 5760. The molecule has 0 bridgehead atoms. The smallest absolute Gasteiger partial charge is 0.319 e. The van der Waals surface area contributed by atoms with Crippen LogP contribution in [0.25, 0.3) is 0 Å². The first-order valence-electron chi connectivity index (χ1n) is 32.4. The van der Waals surface area contributed by atoms with Crippen molar-refractivity contribution in [2.45, 2.75) is 41.5 Å². The third-order valence-corrected chi connectivity index (χ3v) is 19.3. The maximum absolute atomic E-state index is 13.5. The molecule has 12 rings (SSSR count). The van der Waals surface area contributed by atoms with Crippen LogP contribution in [-0.2, 0) is 27.4 Å². The lowest BCUT2D eigenvalue weighted by Crippen LogP contribution is -2.15. The Morgan fingerprint density at radius 2 is 0.463 bits per heavy atom. The molecule has 0 aliphatic heterocycles. The SMILES string of the molecule is Cc1ccc(NC(=O)c2cnn(P(=O)(O)O)n2)c(Cl)c1.Cc1ccc(NC(=O)c2cnn(P(=O)(O)O)n2)c(Cl)c1.Cc1ccc(NC(=O)c2cnn(P(=O)(O)O)n2)c(F)c1.Cc1ccc(NC(=O)c2nn(P(=O)(O)O)nc2F)c(Cl)c1.Cc1ccc(NC(=O)c2nn(P(=O)(O)O)nc2F)c(Cl)c1.Cc1ccc(NC(=O)c2nn(P(=O)(O)O)nc2F)c(F)c1. The molecular weight excluding hydrogens is 1860 g/mol. The van der Waals surface area contributed by atoms with E-state index in [4.69, 9.17) is 105 Å². The fourth-order valence-corrected chi connectivity index (χ4v) is 12.0. The Morgan fingerprint density at radius 3 is 0.650 bits per heavy atom. The van der Waals surface area contributed by atoms with Crippen LogP contribution in [0.5, 0.6) is 0 Å². The summed E-state index contributed by atoms with van der Waals surface area (Å²) < 4.78 is 133. The van der Waals surface area contributed by atoms with Crippen LogP contribution in [0.1, 0.15) is 96.3 Å². The number of hydrogen-bond acceptors (Lipinski definition) is 24. The number of halogens is 9. The van der Waals surface area contributed by atoms with Crippen LogP contribution in [0.15, 0.2) is 128 Å². The Kier molecular flexibility index (Phi) is 32.8. The van der Waals surface area contributed by atoms with Gasteiger partial charge in [0.25, 0.3) is 53.3 Å². The number of nitrogens with zero attached hydrogens (tertiary/aromatic N) is 18. The summed E-state index contributed by atoms with van der Waals surface area (Å²) >= 11 is 23.7. The van der Waals surface area contributed by atoms with Gasteiger partial charge in [-0.3, -0.25) is 28.8 Å². The molecule has 0 saturated carbocycles. The predicted octanol–water partition coefficient (Wildman–Crippen LogP) is 7.99. The molecule has 0 atom stereocenters. The lowest BCUT2D eigenvalue weighted by Gasteiger charge is -2.06. The molecule has 0 spiro atoms. The summed E-state index contributed by atoms with van der Waals surface area (Å²) in [6.45, 7) is 10.6. The van der Waals surface area contributed by atoms with Crippen molar-refractivity contribution in [2.24, 2.45) is 0 Å². The van der Waals surface area contributed by atoms with E-state index in [1.165, 1.54) is 36.4 Å². The molecule has 6 amide bonds. The highest BCUT2D eigenvalue weighted by Crippen LogP contribution is 2.40. The Hall–Kier alpha value is -11.3. The summed E-state index contributed by atoms with van der Waals surface area (Å²) in [6.07, 6.45) is 2.79. The van der Waals surface area contributed by atoms with Crippen LogP contribution in [0.3, 0.4) is 0 Å². The van der Waals surface area contributed by atoms with E-state index in [1.54, 1.807) is 94.4 Å². The van der Waals surface area contributed by atoms with E-state index in [1.807, 2.05) is 19.2 Å². The van der Waals surface area contributed by atoms with Crippen LogP contribution < -0.4 is 31.9 Å². The number of aromatic nitrogens is 18. The van der Waals surface area contributed by atoms with Crippen LogP contribution in [-0.4, -0.2) is 183 Å². The van der Waals surface area contributed by atoms with Crippen molar-refractivity contribution >= 4 is 162 Å². The molecule has 48 nitrogen and oxygen atoms in total. The number of carbonyl (C=O) groups excluding carboxylic acids is 6. The summed E-state index contributed by atoms with van der Waals surface area (Å²) in [5.74, 6) is -11.1. The predicted molar refractivity (Wildman–Crippen MR) is 419 cm³/mol. The van der Waals surface area contributed by atoms with E-state index in [0.29, 0.717) is 32.5 Å². The second-order valence-electron chi connectivity index (χ2n) is 24.0. The number of aryl methyl sites for hydroxylation is 6. The van der Waals surface area contributed by atoms with Gasteiger partial charge in [-0.1, -0.05) is 110 Å². The van der Waals surface area contributed by atoms with Gasteiger partial charge in [-0.25, -0.2) is 36.2 Å². The van der Waals surface area contributed by atoms with Gasteiger partial charge in [0.15, 0.2) is 17.1 Å². The van der Waals surface area contributed by atoms with Crippen molar-refractivity contribution in [3.63, 3.8) is 0 Å². The second kappa shape index (κ2) is 40.8. The fourth-order valence-electron chi connectivity index (χ4n) is 8.49. The molecule has 0 fully saturated rings. The molecule has 123 heavy (non-hydrogen) atoms. The maximum Gasteiger partial charge on any atom is 0.466 e. The molecule has 6 aromatic carbocycles. The number of anilines is 6. The number of carbonyl (C=O) groups is 6. The zero-order valence-electron chi connectivity index (χ0n) is 62.0. The highest BCUT2D eigenvalue weighted by molar-refractivity contribution is 7.51. The van der Waals surface area contributed by atoms with Gasteiger partial charge in [-0.2, -0.15) is 28.5 Å².